The van der Waals surface area contributed by atoms with Gasteiger partial charge in [-0.3, -0.25) is 4.90 Å². The third kappa shape index (κ3) is 3.44. The normalized spacial score (nSPS) is 18.3. The number of aromatic nitrogens is 1. The topological polar surface area (TPSA) is 101 Å². The molecule has 2 heterocycles. The van der Waals surface area contributed by atoms with E-state index < -0.39 is 35.5 Å². The first-order chi connectivity index (χ1) is 10.2. The Morgan fingerprint density at radius 3 is 2.36 bits per heavy atom. The highest BCUT2D eigenvalue weighted by Crippen LogP contribution is 2.23. The quantitative estimate of drug-likeness (QED) is 0.852. The number of hydrogen-bond acceptors (Lipinski definition) is 6. The van der Waals surface area contributed by atoms with Crippen LogP contribution >= 0.6 is 0 Å². The van der Waals surface area contributed by atoms with Gasteiger partial charge in [-0.2, -0.15) is 0 Å². The van der Waals surface area contributed by atoms with E-state index in [-0.39, 0.29) is 0 Å². The van der Waals surface area contributed by atoms with Crippen LogP contribution < -0.4 is 4.84 Å². The van der Waals surface area contributed by atoms with Gasteiger partial charge in [-0.25, -0.2) is 9.59 Å². The molecule has 1 saturated heterocycles. The highest BCUT2D eigenvalue weighted by molar-refractivity contribution is 5.82. The Balaban J connectivity index is 2.07. The van der Waals surface area contributed by atoms with Crippen LogP contribution in [-0.4, -0.2) is 50.1 Å². The van der Waals surface area contributed by atoms with E-state index >= 15 is 0 Å². The number of carbonyl (C=O) groups excluding carboxylic acids is 2. The average molecular weight is 312 g/mol. The molecule has 0 spiro atoms. The molecule has 1 aromatic rings. The maximum Gasteiger partial charge on any atom is 0.411 e. The molecule has 1 aromatic heterocycles. The molecule has 2 rings (SSSR count). The summed E-state index contributed by atoms with van der Waals surface area (Å²) in [6, 6.07) is 1.56. The van der Waals surface area contributed by atoms with Gasteiger partial charge in [0.1, 0.15) is 11.6 Å². The Kier molecular flexibility index (Phi) is 4.20. The molecule has 122 valence electrons. The van der Waals surface area contributed by atoms with Crippen LogP contribution in [0.25, 0.3) is 0 Å². The molecule has 0 unspecified atom stereocenters. The van der Waals surface area contributed by atoms with Gasteiger partial charge in [-0.1, -0.05) is 0 Å². The maximum absolute atomic E-state index is 12.2. The van der Waals surface area contributed by atoms with E-state index in [1.165, 1.54) is 17.0 Å². The van der Waals surface area contributed by atoms with Crippen LogP contribution in [0.5, 0.6) is 11.8 Å². The van der Waals surface area contributed by atoms with E-state index in [1.807, 2.05) is 0 Å². The summed E-state index contributed by atoms with van der Waals surface area (Å²) in [7, 11) is 0. The Labute approximate surface area is 127 Å². The molecule has 1 aliphatic rings. The van der Waals surface area contributed by atoms with Crippen molar-refractivity contribution in [3.05, 3.63) is 12.1 Å². The summed E-state index contributed by atoms with van der Waals surface area (Å²) in [6.45, 7) is 5.61. The second kappa shape index (κ2) is 5.78. The van der Waals surface area contributed by atoms with Gasteiger partial charge in [0, 0.05) is 18.7 Å². The fourth-order valence-electron chi connectivity index (χ4n) is 2.20. The van der Waals surface area contributed by atoms with Gasteiger partial charge >= 0.3 is 12.1 Å². The van der Waals surface area contributed by atoms with Crippen molar-refractivity contribution in [2.24, 2.45) is 0 Å². The van der Waals surface area contributed by atoms with Crippen molar-refractivity contribution < 1.29 is 29.4 Å². The molecule has 0 aliphatic carbocycles. The first kappa shape index (κ1) is 16.0. The number of rotatable bonds is 2. The van der Waals surface area contributed by atoms with E-state index in [9.17, 15) is 19.8 Å². The number of ether oxygens (including phenoxy) is 1. The predicted molar refractivity (Wildman–Crippen MR) is 75.3 cm³/mol. The molecule has 1 fully saturated rings. The minimum absolute atomic E-state index is 0.387. The number of nitrogens with zero attached hydrogens (tertiary/aromatic N) is 2. The molecule has 0 bridgehead atoms. The van der Waals surface area contributed by atoms with Gasteiger partial charge in [-0.15, -0.1) is 4.73 Å². The summed E-state index contributed by atoms with van der Waals surface area (Å²) in [4.78, 5) is 30.5. The number of hydrogen-bond donors (Lipinski definition) is 2. The van der Waals surface area contributed by atoms with E-state index in [1.54, 1.807) is 20.8 Å². The zero-order valence-electron chi connectivity index (χ0n) is 12.8. The number of amides is 1. The van der Waals surface area contributed by atoms with Crippen molar-refractivity contribution in [2.75, 3.05) is 6.54 Å². The molecular weight excluding hydrogens is 292 g/mol. The highest BCUT2D eigenvalue weighted by atomic mass is 16.7. The summed E-state index contributed by atoms with van der Waals surface area (Å²) in [5.41, 5.74) is -0.662. The lowest BCUT2D eigenvalue weighted by atomic mass is 10.2. The summed E-state index contributed by atoms with van der Waals surface area (Å²) >= 11 is 0. The second-order valence-electron chi connectivity index (χ2n) is 6.09. The van der Waals surface area contributed by atoms with Crippen molar-refractivity contribution in [3.8, 4) is 11.8 Å². The molecule has 1 amide bonds. The van der Waals surface area contributed by atoms with Gasteiger partial charge < -0.3 is 19.8 Å². The number of aromatic hydroxyl groups is 2. The highest BCUT2D eigenvalue weighted by Gasteiger charge is 2.38. The van der Waals surface area contributed by atoms with E-state index in [0.29, 0.717) is 24.1 Å². The van der Waals surface area contributed by atoms with Crippen LogP contribution in [0.1, 0.15) is 33.6 Å². The minimum atomic E-state index is -0.809. The van der Waals surface area contributed by atoms with Crippen molar-refractivity contribution in [1.29, 1.82) is 0 Å². The Morgan fingerprint density at radius 2 is 1.82 bits per heavy atom. The van der Waals surface area contributed by atoms with E-state index in [4.69, 9.17) is 9.57 Å². The van der Waals surface area contributed by atoms with Gasteiger partial charge in [0.15, 0.2) is 0 Å². The summed E-state index contributed by atoms with van der Waals surface area (Å²) in [6.07, 6.45) is 0.483. The standard InChI is InChI=1S/C14H20N2O6/c1-14(2,3)21-13(20)15-8-4-5-9(15)12(19)22-16-10(17)6-7-11(16)18/h6-7,9,17-18H,4-5,8H2,1-3H3/t9-/m0/s1. The first-order valence-electron chi connectivity index (χ1n) is 7.00. The third-order valence-corrected chi connectivity index (χ3v) is 3.13. The van der Waals surface area contributed by atoms with Crippen LogP contribution in [0, 0.1) is 0 Å². The molecule has 0 saturated carbocycles. The molecule has 8 nitrogen and oxygen atoms in total. The summed E-state index contributed by atoms with van der Waals surface area (Å²) < 4.78 is 5.86. The number of carbonyl (C=O) groups is 2. The SMILES string of the molecule is CC(C)(C)OC(=O)N1CCC[C@H]1C(=O)On1c(O)ccc1O. The van der Waals surface area contributed by atoms with Crippen LogP contribution in [0.3, 0.4) is 0 Å². The molecule has 22 heavy (non-hydrogen) atoms. The van der Waals surface area contributed by atoms with E-state index in [0.717, 1.165) is 0 Å². The monoisotopic (exact) mass is 312 g/mol. The average Bonchev–Trinajstić information content (AvgIpc) is 2.98. The summed E-state index contributed by atoms with van der Waals surface area (Å²) in [5.74, 6) is -1.56. The Morgan fingerprint density at radius 1 is 1.23 bits per heavy atom. The van der Waals surface area contributed by atoms with Crippen LogP contribution in [0.15, 0.2) is 12.1 Å². The van der Waals surface area contributed by atoms with Crippen molar-refractivity contribution >= 4 is 12.1 Å². The molecule has 1 aliphatic heterocycles. The molecule has 0 radical (unpaired) electrons. The Bertz CT molecular complexity index is 555. The van der Waals surface area contributed by atoms with Crippen LogP contribution in [0.4, 0.5) is 4.79 Å². The van der Waals surface area contributed by atoms with Gasteiger partial charge in [0.05, 0.1) is 0 Å². The third-order valence-electron chi connectivity index (χ3n) is 3.13. The Hall–Kier alpha value is -2.38. The molecule has 8 heteroatoms. The number of likely N-dealkylation sites (tertiary alicyclic amines) is 1. The lowest BCUT2D eigenvalue weighted by Crippen LogP contribution is -2.46. The van der Waals surface area contributed by atoms with Gasteiger partial charge in [0.25, 0.3) is 0 Å². The maximum atomic E-state index is 12.2. The lowest BCUT2D eigenvalue weighted by molar-refractivity contribution is -0.150. The smallest absolute Gasteiger partial charge is 0.411 e. The lowest BCUT2D eigenvalue weighted by Gasteiger charge is -2.27. The molecule has 0 aromatic carbocycles. The zero-order valence-corrected chi connectivity index (χ0v) is 12.8. The minimum Gasteiger partial charge on any atom is -0.492 e. The van der Waals surface area contributed by atoms with Crippen LogP contribution in [0.2, 0.25) is 0 Å². The zero-order chi connectivity index (χ0) is 16.5. The fraction of sp³-hybridized carbons (Fsp3) is 0.571. The van der Waals surface area contributed by atoms with Gasteiger partial charge in [0.2, 0.25) is 11.8 Å². The van der Waals surface area contributed by atoms with Crippen LogP contribution in [-0.2, 0) is 9.53 Å². The van der Waals surface area contributed by atoms with E-state index in [2.05, 4.69) is 0 Å². The molecule has 1 atom stereocenters. The molecular formula is C14H20N2O6. The second-order valence-corrected chi connectivity index (χ2v) is 6.09. The largest absolute Gasteiger partial charge is 0.492 e. The first-order valence-corrected chi connectivity index (χ1v) is 7.00. The van der Waals surface area contributed by atoms with Gasteiger partial charge in [-0.05, 0) is 33.6 Å². The van der Waals surface area contributed by atoms with Crippen molar-refractivity contribution in [1.82, 2.24) is 9.63 Å². The summed E-state index contributed by atoms with van der Waals surface area (Å²) in [5, 5.41) is 18.9. The predicted octanol–water partition coefficient (Wildman–Crippen LogP) is 1.25. The molecule has 2 N–H and O–H groups in total. The van der Waals surface area contributed by atoms with Crippen molar-refractivity contribution in [2.45, 2.75) is 45.3 Å². The fourth-order valence-corrected chi connectivity index (χ4v) is 2.20. The van der Waals surface area contributed by atoms with Crippen molar-refractivity contribution in [3.63, 3.8) is 0 Å².